The summed E-state index contributed by atoms with van der Waals surface area (Å²) in [5.74, 6) is 0.209. The van der Waals surface area contributed by atoms with Gasteiger partial charge in [0.05, 0.1) is 0 Å². The molecule has 0 aliphatic heterocycles. The zero-order valence-electron chi connectivity index (χ0n) is 8.58. The molecule has 0 saturated heterocycles. The van der Waals surface area contributed by atoms with E-state index >= 15 is 0 Å². The van der Waals surface area contributed by atoms with E-state index in [1.54, 1.807) is 0 Å². The van der Waals surface area contributed by atoms with E-state index in [0.29, 0.717) is 13.1 Å². The molecule has 0 aromatic heterocycles. The van der Waals surface area contributed by atoms with Gasteiger partial charge in [0.2, 0.25) is 0 Å². The van der Waals surface area contributed by atoms with Gasteiger partial charge in [-0.1, -0.05) is 0 Å². The Morgan fingerprint density at radius 2 is 2.15 bits per heavy atom. The van der Waals surface area contributed by atoms with E-state index in [0.717, 1.165) is 13.0 Å². The minimum absolute atomic E-state index is 0.209. The molecule has 0 unspecified atom stereocenters. The van der Waals surface area contributed by atoms with Crippen LogP contribution in [0.25, 0.3) is 0 Å². The van der Waals surface area contributed by atoms with Crippen molar-refractivity contribution in [2.45, 2.75) is 13.3 Å². The number of hydrogen-bond acceptors (Lipinski definition) is 3. The Morgan fingerprint density at radius 1 is 1.46 bits per heavy atom. The van der Waals surface area contributed by atoms with Crippen molar-refractivity contribution in [3.05, 3.63) is 4.91 Å². The van der Waals surface area contributed by atoms with E-state index in [-0.39, 0.29) is 5.96 Å². The predicted octanol–water partition coefficient (Wildman–Crippen LogP) is 0.670. The average Bonchev–Trinajstić information content (AvgIpc) is 2.10. The monoisotopic (exact) mass is 186 g/mol. The highest BCUT2D eigenvalue weighted by Gasteiger charge is 1.94. The van der Waals surface area contributed by atoms with Crippen LogP contribution in [0.5, 0.6) is 0 Å². The first-order chi connectivity index (χ1) is 6.20. The van der Waals surface area contributed by atoms with Gasteiger partial charge >= 0.3 is 0 Å². The maximum Gasteiger partial charge on any atom is 0.260 e. The lowest BCUT2D eigenvalue weighted by atomic mass is 10.4. The van der Waals surface area contributed by atoms with E-state index in [1.807, 2.05) is 21.0 Å². The quantitative estimate of drug-likeness (QED) is 0.297. The molecule has 0 bridgehead atoms. The van der Waals surface area contributed by atoms with Crippen LogP contribution in [-0.4, -0.2) is 44.6 Å². The Kier molecular flexibility index (Phi) is 7.10. The van der Waals surface area contributed by atoms with Crippen LogP contribution in [0.1, 0.15) is 13.3 Å². The van der Waals surface area contributed by atoms with Gasteiger partial charge in [0.15, 0.2) is 0 Å². The second kappa shape index (κ2) is 7.67. The minimum atomic E-state index is 0.209. The van der Waals surface area contributed by atoms with Gasteiger partial charge in [-0.15, -0.1) is 4.91 Å². The fraction of sp³-hybridized carbons (Fsp3) is 0.875. The molecule has 0 radical (unpaired) electrons. The van der Waals surface area contributed by atoms with Crippen LogP contribution in [0.15, 0.2) is 10.2 Å². The largest absolute Gasteiger partial charge is 0.352 e. The van der Waals surface area contributed by atoms with Gasteiger partial charge in [-0.05, 0) is 34.0 Å². The molecule has 5 nitrogen and oxygen atoms in total. The highest BCUT2D eigenvalue weighted by Crippen LogP contribution is 1.86. The van der Waals surface area contributed by atoms with Crippen molar-refractivity contribution in [3.63, 3.8) is 0 Å². The summed E-state index contributed by atoms with van der Waals surface area (Å²) in [4.78, 5) is 16.3. The smallest absolute Gasteiger partial charge is 0.260 e. The maximum absolute atomic E-state index is 10.2. The maximum atomic E-state index is 10.2. The Hall–Kier alpha value is -0.970. The lowest BCUT2D eigenvalue weighted by molar-refractivity contribution is 0.403. The summed E-state index contributed by atoms with van der Waals surface area (Å²) in [6.45, 7) is 4.20. The zero-order chi connectivity index (χ0) is 10.1. The minimum Gasteiger partial charge on any atom is -0.352 e. The average molecular weight is 186 g/mol. The van der Waals surface area contributed by atoms with Crippen LogP contribution in [0, 0.1) is 4.91 Å². The van der Waals surface area contributed by atoms with Gasteiger partial charge in [-0.2, -0.15) is 0 Å². The van der Waals surface area contributed by atoms with Crippen LogP contribution in [0.3, 0.4) is 0 Å². The topological polar surface area (TPSA) is 57.1 Å². The van der Waals surface area contributed by atoms with E-state index in [1.165, 1.54) is 0 Å². The third-order valence-corrected chi connectivity index (χ3v) is 1.45. The number of aliphatic imine (C=N–C) groups is 1. The number of guanidine groups is 1. The standard InChI is InChI=1S/C8H18N4O/c1-4-9-8(11-13)10-6-5-7-12(2)3/h4-7H2,1-3H3,(H,9,10). The fourth-order valence-electron chi connectivity index (χ4n) is 0.847. The molecule has 1 N–H and O–H groups in total. The van der Waals surface area contributed by atoms with Crippen molar-refractivity contribution < 1.29 is 0 Å². The van der Waals surface area contributed by atoms with Crippen LogP contribution in [-0.2, 0) is 0 Å². The van der Waals surface area contributed by atoms with Gasteiger partial charge in [-0.3, -0.25) is 0 Å². The molecule has 5 heteroatoms. The molecule has 76 valence electrons. The van der Waals surface area contributed by atoms with Crippen LogP contribution in [0.4, 0.5) is 0 Å². The molecule has 0 aromatic rings. The zero-order valence-corrected chi connectivity index (χ0v) is 8.58. The summed E-state index contributed by atoms with van der Waals surface area (Å²) < 4.78 is 0. The third kappa shape index (κ3) is 7.39. The van der Waals surface area contributed by atoms with E-state index in [4.69, 9.17) is 0 Å². The molecule has 13 heavy (non-hydrogen) atoms. The molecule has 0 saturated carbocycles. The second-order valence-electron chi connectivity index (χ2n) is 2.98. The SMILES string of the molecule is CCNC(N=O)=NCCCN(C)C. The lowest BCUT2D eigenvalue weighted by Crippen LogP contribution is -2.21. The number of hydrogen-bond donors (Lipinski definition) is 1. The number of nitroso groups, excluding NO2 is 1. The normalized spacial score (nSPS) is 11.8. The van der Waals surface area contributed by atoms with Crippen molar-refractivity contribution in [2.24, 2.45) is 10.2 Å². The third-order valence-electron chi connectivity index (χ3n) is 1.45. The lowest BCUT2D eigenvalue weighted by Gasteiger charge is -2.06. The van der Waals surface area contributed by atoms with Crippen LogP contribution < -0.4 is 5.32 Å². The van der Waals surface area contributed by atoms with Crippen molar-refractivity contribution in [3.8, 4) is 0 Å². The Labute approximate surface area is 79.2 Å². The van der Waals surface area contributed by atoms with Gasteiger partial charge in [0.1, 0.15) is 0 Å². The first-order valence-electron chi connectivity index (χ1n) is 4.47. The molecular formula is C8H18N4O. The van der Waals surface area contributed by atoms with Crippen LogP contribution in [0.2, 0.25) is 0 Å². The van der Waals surface area contributed by atoms with E-state index < -0.39 is 0 Å². The highest BCUT2D eigenvalue weighted by molar-refractivity contribution is 5.80. The second-order valence-corrected chi connectivity index (χ2v) is 2.98. The summed E-state index contributed by atoms with van der Waals surface area (Å²) in [6.07, 6.45) is 0.942. The molecule has 0 aliphatic carbocycles. The Morgan fingerprint density at radius 3 is 2.62 bits per heavy atom. The summed E-state index contributed by atoms with van der Waals surface area (Å²) in [6, 6.07) is 0. The first kappa shape index (κ1) is 12.0. The van der Waals surface area contributed by atoms with Gasteiger partial charge in [0.25, 0.3) is 5.96 Å². The first-order valence-corrected chi connectivity index (χ1v) is 4.47. The van der Waals surface area contributed by atoms with Crippen molar-refractivity contribution >= 4 is 5.96 Å². The van der Waals surface area contributed by atoms with E-state index in [2.05, 4.69) is 20.4 Å². The molecule has 0 rings (SSSR count). The van der Waals surface area contributed by atoms with Gasteiger partial charge < -0.3 is 10.2 Å². The number of nitrogens with zero attached hydrogens (tertiary/aromatic N) is 3. The van der Waals surface area contributed by atoms with Crippen molar-refractivity contribution in [2.75, 3.05) is 33.7 Å². The van der Waals surface area contributed by atoms with Gasteiger partial charge in [0, 0.05) is 18.3 Å². The molecule has 0 amide bonds. The van der Waals surface area contributed by atoms with Crippen molar-refractivity contribution in [1.29, 1.82) is 0 Å². The Balaban J connectivity index is 3.60. The summed E-state index contributed by atoms with van der Waals surface area (Å²) >= 11 is 0. The summed E-state index contributed by atoms with van der Waals surface area (Å²) in [7, 11) is 4.01. The molecule has 0 atom stereocenters. The predicted molar refractivity (Wildman–Crippen MR) is 54.9 cm³/mol. The summed E-state index contributed by atoms with van der Waals surface area (Å²) in [5.41, 5.74) is 0. The Bertz CT molecular complexity index is 168. The molecule has 0 heterocycles. The summed E-state index contributed by atoms with van der Waals surface area (Å²) in [5, 5.41) is 5.55. The highest BCUT2D eigenvalue weighted by atomic mass is 16.3. The number of rotatable bonds is 5. The molecule has 0 aromatic carbocycles. The van der Waals surface area contributed by atoms with Crippen molar-refractivity contribution in [1.82, 2.24) is 10.2 Å². The molecule has 0 spiro atoms. The molecular weight excluding hydrogens is 168 g/mol. The van der Waals surface area contributed by atoms with Gasteiger partial charge in [-0.25, -0.2) is 4.99 Å². The van der Waals surface area contributed by atoms with Crippen LogP contribution >= 0.6 is 0 Å². The number of nitrogens with one attached hydrogen (secondary N) is 1. The molecule has 0 fully saturated rings. The van der Waals surface area contributed by atoms with E-state index in [9.17, 15) is 4.91 Å². The molecule has 0 aliphatic rings. The fourth-order valence-corrected chi connectivity index (χ4v) is 0.847.